The maximum Gasteiger partial charge on any atom is 0.317 e. The number of carbonyl (C=O) groups is 1. The third-order valence-electron chi connectivity index (χ3n) is 5.65. The fourth-order valence-corrected chi connectivity index (χ4v) is 3.90. The molecule has 3 rings (SSSR count). The van der Waals surface area contributed by atoms with Gasteiger partial charge in [-0.3, -0.25) is 4.90 Å². The van der Waals surface area contributed by atoms with Gasteiger partial charge in [0, 0.05) is 32.7 Å². The molecule has 0 aliphatic carbocycles. The predicted molar refractivity (Wildman–Crippen MR) is 116 cm³/mol. The molecule has 1 fully saturated rings. The summed E-state index contributed by atoms with van der Waals surface area (Å²) in [6.07, 6.45) is 2.14. The number of carbonyl (C=O) groups excluding carboxylic acids is 1. The van der Waals surface area contributed by atoms with Crippen LogP contribution in [0.2, 0.25) is 0 Å². The molecule has 1 aliphatic rings. The van der Waals surface area contributed by atoms with Crippen molar-refractivity contribution in [3.63, 3.8) is 0 Å². The van der Waals surface area contributed by atoms with Crippen molar-refractivity contribution in [2.45, 2.75) is 39.7 Å². The van der Waals surface area contributed by atoms with Crippen molar-refractivity contribution in [1.82, 2.24) is 15.1 Å². The monoisotopic (exact) mass is 379 g/mol. The van der Waals surface area contributed by atoms with Crippen LogP contribution < -0.4 is 5.32 Å². The number of unbranched alkanes of at least 4 members (excludes halogenated alkanes) is 1. The first-order valence-electron chi connectivity index (χ1n) is 10.5. The minimum Gasteiger partial charge on any atom is -0.338 e. The quantitative estimate of drug-likeness (QED) is 0.749. The van der Waals surface area contributed by atoms with Crippen molar-refractivity contribution in [2.75, 3.05) is 32.7 Å². The average Bonchev–Trinajstić information content (AvgIpc) is 2.71. The van der Waals surface area contributed by atoms with Gasteiger partial charge in [0.25, 0.3) is 0 Å². The number of amides is 2. The fraction of sp³-hybridized carbons (Fsp3) is 0.458. The Morgan fingerprint density at radius 3 is 2.32 bits per heavy atom. The van der Waals surface area contributed by atoms with Crippen molar-refractivity contribution >= 4 is 6.03 Å². The minimum absolute atomic E-state index is 0.0795. The molecule has 1 heterocycles. The predicted octanol–water partition coefficient (Wildman–Crippen LogP) is 4.52. The number of hydrogen-bond acceptors (Lipinski definition) is 2. The Labute approximate surface area is 169 Å². The number of benzene rings is 2. The van der Waals surface area contributed by atoms with Crippen LogP contribution in [0.15, 0.2) is 48.5 Å². The summed E-state index contributed by atoms with van der Waals surface area (Å²) in [6.45, 7) is 10.5. The van der Waals surface area contributed by atoms with Gasteiger partial charge in [-0.15, -0.1) is 0 Å². The molecular weight excluding hydrogens is 346 g/mol. The van der Waals surface area contributed by atoms with E-state index in [0.717, 1.165) is 45.6 Å². The van der Waals surface area contributed by atoms with Gasteiger partial charge >= 0.3 is 6.03 Å². The lowest BCUT2D eigenvalue weighted by Crippen LogP contribution is -2.52. The maximum atomic E-state index is 12.4. The number of piperazine rings is 1. The Bertz CT molecular complexity index is 764. The van der Waals surface area contributed by atoms with Gasteiger partial charge in [-0.2, -0.15) is 0 Å². The Hall–Kier alpha value is -2.33. The summed E-state index contributed by atoms with van der Waals surface area (Å²) in [4.78, 5) is 16.8. The molecule has 2 aromatic rings. The minimum atomic E-state index is 0.0795. The highest BCUT2D eigenvalue weighted by molar-refractivity contribution is 5.74. The smallest absolute Gasteiger partial charge is 0.317 e. The van der Waals surface area contributed by atoms with E-state index in [1.807, 2.05) is 4.90 Å². The zero-order valence-corrected chi connectivity index (χ0v) is 17.4. The lowest BCUT2D eigenvalue weighted by atomic mass is 9.92. The summed E-state index contributed by atoms with van der Waals surface area (Å²) in [5.74, 6) is 0. The van der Waals surface area contributed by atoms with Gasteiger partial charge < -0.3 is 10.2 Å². The van der Waals surface area contributed by atoms with E-state index in [1.54, 1.807) is 0 Å². The standard InChI is InChI=1S/C24H33N3O/c1-4-5-14-25-24(28)27-17-15-26(16-18-27)23(21-12-10-19(2)11-13-21)22-9-7-6-8-20(22)3/h6-13,23H,4-5,14-18H2,1-3H3,(H,25,28). The first kappa shape index (κ1) is 20.4. The molecule has 28 heavy (non-hydrogen) atoms. The van der Waals surface area contributed by atoms with E-state index in [-0.39, 0.29) is 12.1 Å². The third-order valence-corrected chi connectivity index (χ3v) is 5.65. The highest BCUT2D eigenvalue weighted by Gasteiger charge is 2.28. The number of nitrogens with zero attached hydrogens (tertiary/aromatic N) is 2. The molecule has 0 aromatic heterocycles. The van der Waals surface area contributed by atoms with Crippen LogP contribution in [0.25, 0.3) is 0 Å². The molecule has 2 aromatic carbocycles. The first-order chi connectivity index (χ1) is 13.6. The number of aryl methyl sites for hydroxylation is 2. The van der Waals surface area contributed by atoms with Crippen LogP contribution in [0.1, 0.15) is 48.1 Å². The molecule has 4 nitrogen and oxygen atoms in total. The van der Waals surface area contributed by atoms with Gasteiger partial charge in [0.1, 0.15) is 0 Å². The molecule has 0 spiro atoms. The van der Waals surface area contributed by atoms with E-state index in [4.69, 9.17) is 0 Å². The number of rotatable bonds is 6. The zero-order valence-electron chi connectivity index (χ0n) is 17.4. The Morgan fingerprint density at radius 1 is 1.00 bits per heavy atom. The Morgan fingerprint density at radius 2 is 1.68 bits per heavy atom. The summed E-state index contributed by atoms with van der Waals surface area (Å²) >= 11 is 0. The first-order valence-corrected chi connectivity index (χ1v) is 10.5. The second-order valence-electron chi connectivity index (χ2n) is 7.78. The van der Waals surface area contributed by atoms with Crippen molar-refractivity contribution in [2.24, 2.45) is 0 Å². The Kier molecular flexibility index (Phi) is 7.10. The molecule has 150 valence electrons. The van der Waals surface area contributed by atoms with Gasteiger partial charge in [-0.25, -0.2) is 4.79 Å². The number of hydrogen-bond donors (Lipinski definition) is 1. The second kappa shape index (κ2) is 9.74. The van der Waals surface area contributed by atoms with Crippen molar-refractivity contribution in [1.29, 1.82) is 0 Å². The van der Waals surface area contributed by atoms with E-state index < -0.39 is 0 Å². The number of urea groups is 1. The lowest BCUT2D eigenvalue weighted by molar-refractivity contribution is 0.120. The van der Waals surface area contributed by atoms with E-state index >= 15 is 0 Å². The second-order valence-corrected chi connectivity index (χ2v) is 7.78. The highest BCUT2D eigenvalue weighted by atomic mass is 16.2. The van der Waals surface area contributed by atoms with Gasteiger partial charge in [-0.1, -0.05) is 67.4 Å². The van der Waals surface area contributed by atoms with Crippen LogP contribution in [0.5, 0.6) is 0 Å². The largest absolute Gasteiger partial charge is 0.338 e. The third kappa shape index (κ3) is 4.93. The molecule has 0 bridgehead atoms. The lowest BCUT2D eigenvalue weighted by Gasteiger charge is -2.40. The molecule has 0 radical (unpaired) electrons. The van der Waals surface area contributed by atoms with Crippen LogP contribution in [0.3, 0.4) is 0 Å². The van der Waals surface area contributed by atoms with Gasteiger partial charge in [0.2, 0.25) is 0 Å². The molecule has 1 N–H and O–H groups in total. The van der Waals surface area contributed by atoms with Gasteiger partial charge in [0.05, 0.1) is 6.04 Å². The van der Waals surface area contributed by atoms with E-state index in [9.17, 15) is 4.79 Å². The van der Waals surface area contributed by atoms with Gasteiger partial charge in [-0.05, 0) is 37.0 Å². The normalized spacial score (nSPS) is 16.0. The van der Waals surface area contributed by atoms with Crippen LogP contribution in [0, 0.1) is 13.8 Å². The van der Waals surface area contributed by atoms with Crippen LogP contribution in [-0.2, 0) is 0 Å². The van der Waals surface area contributed by atoms with Crippen molar-refractivity contribution < 1.29 is 4.79 Å². The fourth-order valence-electron chi connectivity index (χ4n) is 3.90. The van der Waals surface area contributed by atoms with Crippen LogP contribution >= 0.6 is 0 Å². The summed E-state index contributed by atoms with van der Waals surface area (Å²) in [5, 5.41) is 3.04. The Balaban J connectivity index is 1.75. The van der Waals surface area contributed by atoms with Crippen LogP contribution in [0.4, 0.5) is 4.79 Å². The summed E-state index contributed by atoms with van der Waals surface area (Å²) in [7, 11) is 0. The van der Waals surface area contributed by atoms with Gasteiger partial charge in [0.15, 0.2) is 0 Å². The van der Waals surface area contributed by atoms with Crippen molar-refractivity contribution in [3.8, 4) is 0 Å². The molecule has 1 unspecified atom stereocenters. The molecule has 4 heteroatoms. The zero-order chi connectivity index (χ0) is 19.9. The highest BCUT2D eigenvalue weighted by Crippen LogP contribution is 2.31. The van der Waals surface area contributed by atoms with E-state index in [2.05, 4.69) is 79.5 Å². The summed E-state index contributed by atoms with van der Waals surface area (Å²) in [6, 6.07) is 17.8. The molecule has 1 saturated heterocycles. The molecule has 0 saturated carbocycles. The number of nitrogens with one attached hydrogen (secondary N) is 1. The molecule has 1 aliphatic heterocycles. The molecule has 2 amide bonds. The molecular formula is C24H33N3O. The average molecular weight is 380 g/mol. The van der Waals surface area contributed by atoms with E-state index in [0.29, 0.717) is 0 Å². The van der Waals surface area contributed by atoms with Crippen LogP contribution in [-0.4, -0.2) is 48.6 Å². The topological polar surface area (TPSA) is 35.6 Å². The van der Waals surface area contributed by atoms with E-state index in [1.165, 1.54) is 22.3 Å². The van der Waals surface area contributed by atoms with Crippen molar-refractivity contribution in [3.05, 3.63) is 70.8 Å². The molecule has 1 atom stereocenters. The summed E-state index contributed by atoms with van der Waals surface area (Å²) in [5.41, 5.74) is 5.27. The SMILES string of the molecule is CCCCNC(=O)N1CCN(C(c2ccc(C)cc2)c2ccccc2C)CC1. The summed E-state index contributed by atoms with van der Waals surface area (Å²) < 4.78 is 0. The maximum absolute atomic E-state index is 12.4.